The lowest BCUT2D eigenvalue weighted by atomic mass is 10.2. The molecule has 0 aliphatic carbocycles. The number of aromatic amines is 1. The number of hydrogen-bond donors (Lipinski definition) is 1. The number of alkyl halides is 1. The maximum absolute atomic E-state index is 12.3. The Morgan fingerprint density at radius 2 is 2.44 bits per heavy atom. The molecule has 1 amide bonds. The van der Waals surface area contributed by atoms with E-state index in [0.29, 0.717) is 18.5 Å². The zero-order chi connectivity index (χ0) is 13.1. The molecule has 0 spiro atoms. The third-order valence-electron chi connectivity index (χ3n) is 2.84. The van der Waals surface area contributed by atoms with E-state index in [9.17, 15) is 9.59 Å². The van der Waals surface area contributed by atoms with E-state index in [-0.39, 0.29) is 29.3 Å². The first-order valence-electron chi connectivity index (χ1n) is 5.66. The van der Waals surface area contributed by atoms with E-state index in [0.717, 1.165) is 0 Å². The van der Waals surface area contributed by atoms with Gasteiger partial charge in [-0.1, -0.05) is 15.9 Å². The second kappa shape index (κ2) is 5.62. The van der Waals surface area contributed by atoms with Crippen LogP contribution in [0.1, 0.15) is 17.4 Å². The van der Waals surface area contributed by atoms with Gasteiger partial charge >= 0.3 is 0 Å². The zero-order valence-electron chi connectivity index (χ0n) is 9.93. The maximum atomic E-state index is 12.3. The van der Waals surface area contributed by atoms with Gasteiger partial charge in [0.25, 0.3) is 11.5 Å². The molecule has 1 N–H and O–H groups in total. The van der Waals surface area contributed by atoms with Crippen molar-refractivity contribution in [2.75, 3.05) is 18.5 Å². The van der Waals surface area contributed by atoms with Crippen molar-refractivity contribution >= 4 is 21.8 Å². The van der Waals surface area contributed by atoms with Crippen molar-refractivity contribution in [1.82, 2.24) is 15.1 Å². The normalized spacial score (nSPS) is 24.0. The molecule has 2 atom stereocenters. The number of aromatic nitrogens is 2. The lowest BCUT2D eigenvalue weighted by molar-refractivity contribution is -0.0363. The summed E-state index contributed by atoms with van der Waals surface area (Å²) < 4.78 is 5.56. The van der Waals surface area contributed by atoms with Crippen molar-refractivity contribution in [1.29, 1.82) is 0 Å². The molecule has 0 bridgehead atoms. The first-order chi connectivity index (χ1) is 8.61. The molecule has 0 saturated carbocycles. The summed E-state index contributed by atoms with van der Waals surface area (Å²) in [6, 6.07) is 2.74. The van der Waals surface area contributed by atoms with Crippen molar-refractivity contribution in [2.24, 2.45) is 0 Å². The smallest absolute Gasteiger partial charge is 0.274 e. The van der Waals surface area contributed by atoms with Gasteiger partial charge in [-0.05, 0) is 13.0 Å². The SMILES string of the molecule is CC1COC(CBr)CN1C(=O)c1ccc(=O)[nH]n1. The number of amides is 1. The van der Waals surface area contributed by atoms with E-state index in [2.05, 4.69) is 26.1 Å². The summed E-state index contributed by atoms with van der Waals surface area (Å²) in [5.74, 6) is -0.187. The summed E-state index contributed by atoms with van der Waals surface area (Å²) in [6.45, 7) is 2.95. The molecule has 2 rings (SSSR count). The summed E-state index contributed by atoms with van der Waals surface area (Å²) in [6.07, 6.45) is -0.00656. The first-order valence-corrected chi connectivity index (χ1v) is 6.78. The monoisotopic (exact) mass is 315 g/mol. The van der Waals surface area contributed by atoms with Gasteiger partial charge in [0.15, 0.2) is 0 Å². The van der Waals surface area contributed by atoms with Crippen molar-refractivity contribution in [3.05, 3.63) is 28.2 Å². The highest BCUT2D eigenvalue weighted by molar-refractivity contribution is 9.09. The fourth-order valence-corrected chi connectivity index (χ4v) is 2.20. The molecule has 0 aromatic carbocycles. The van der Waals surface area contributed by atoms with E-state index >= 15 is 0 Å². The van der Waals surface area contributed by atoms with Crippen LogP contribution in [0.2, 0.25) is 0 Å². The Morgan fingerprint density at radius 3 is 3.06 bits per heavy atom. The van der Waals surface area contributed by atoms with Crippen molar-refractivity contribution in [3.63, 3.8) is 0 Å². The van der Waals surface area contributed by atoms with E-state index in [4.69, 9.17) is 4.74 Å². The van der Waals surface area contributed by atoms with Gasteiger partial charge in [-0.3, -0.25) is 9.59 Å². The predicted molar refractivity (Wildman–Crippen MR) is 68.9 cm³/mol. The van der Waals surface area contributed by atoms with Crippen LogP contribution in [-0.4, -0.2) is 51.6 Å². The molecular formula is C11H14BrN3O3. The van der Waals surface area contributed by atoms with Crippen LogP contribution >= 0.6 is 15.9 Å². The van der Waals surface area contributed by atoms with Gasteiger partial charge in [0, 0.05) is 17.9 Å². The van der Waals surface area contributed by atoms with Gasteiger partial charge in [0.2, 0.25) is 0 Å². The van der Waals surface area contributed by atoms with E-state index in [1.165, 1.54) is 12.1 Å². The van der Waals surface area contributed by atoms with Crippen molar-refractivity contribution < 1.29 is 9.53 Å². The van der Waals surface area contributed by atoms with Gasteiger partial charge in [-0.2, -0.15) is 5.10 Å². The van der Waals surface area contributed by atoms with E-state index in [1.807, 2.05) is 6.92 Å². The highest BCUT2D eigenvalue weighted by atomic mass is 79.9. The molecule has 0 radical (unpaired) electrons. The average Bonchev–Trinajstić information content (AvgIpc) is 2.39. The first kappa shape index (κ1) is 13.2. The number of rotatable bonds is 2. The Kier molecular flexibility index (Phi) is 4.13. The van der Waals surface area contributed by atoms with Crippen LogP contribution in [0.5, 0.6) is 0 Å². The molecule has 1 aromatic heterocycles. The zero-order valence-corrected chi connectivity index (χ0v) is 11.5. The molecule has 1 saturated heterocycles. The van der Waals surface area contributed by atoms with Gasteiger partial charge in [0.1, 0.15) is 5.69 Å². The summed E-state index contributed by atoms with van der Waals surface area (Å²) in [4.78, 5) is 24.9. The average molecular weight is 316 g/mol. The third-order valence-corrected chi connectivity index (χ3v) is 3.56. The van der Waals surface area contributed by atoms with Crippen molar-refractivity contribution in [2.45, 2.75) is 19.1 Å². The highest BCUT2D eigenvalue weighted by Crippen LogP contribution is 2.15. The molecule has 98 valence electrons. The Labute approximate surface area is 112 Å². The minimum Gasteiger partial charge on any atom is -0.373 e. The second-order valence-corrected chi connectivity index (χ2v) is 4.87. The molecule has 2 unspecified atom stereocenters. The number of carbonyl (C=O) groups is 1. The minimum absolute atomic E-state index is 0.00141. The highest BCUT2D eigenvalue weighted by Gasteiger charge is 2.30. The van der Waals surface area contributed by atoms with Crippen LogP contribution in [0.25, 0.3) is 0 Å². The molecule has 1 fully saturated rings. The number of H-pyrrole nitrogens is 1. The van der Waals surface area contributed by atoms with Crippen molar-refractivity contribution in [3.8, 4) is 0 Å². The quantitative estimate of drug-likeness (QED) is 0.801. The number of halogens is 1. The lowest BCUT2D eigenvalue weighted by Gasteiger charge is -2.37. The van der Waals surface area contributed by atoms with Crippen LogP contribution < -0.4 is 5.56 Å². The van der Waals surface area contributed by atoms with Gasteiger partial charge in [-0.15, -0.1) is 0 Å². The summed E-state index contributed by atoms with van der Waals surface area (Å²) in [7, 11) is 0. The fraction of sp³-hybridized carbons (Fsp3) is 0.545. The maximum Gasteiger partial charge on any atom is 0.274 e. The van der Waals surface area contributed by atoms with Gasteiger partial charge in [-0.25, -0.2) is 5.10 Å². The van der Waals surface area contributed by atoms with Crippen LogP contribution in [0.3, 0.4) is 0 Å². The molecule has 7 heteroatoms. The minimum atomic E-state index is -0.320. The molecule has 2 heterocycles. The molecule has 1 aliphatic rings. The van der Waals surface area contributed by atoms with Crippen LogP contribution in [0.15, 0.2) is 16.9 Å². The third kappa shape index (κ3) is 2.78. The molecule has 1 aromatic rings. The Hall–Kier alpha value is -1.21. The number of hydrogen-bond acceptors (Lipinski definition) is 4. The molecule has 18 heavy (non-hydrogen) atoms. The summed E-state index contributed by atoms with van der Waals surface area (Å²) in [5.41, 5.74) is -0.0726. The number of morpholine rings is 1. The number of nitrogens with one attached hydrogen (secondary N) is 1. The van der Waals surface area contributed by atoms with Crippen LogP contribution in [0.4, 0.5) is 0 Å². The largest absolute Gasteiger partial charge is 0.373 e. The Bertz CT molecular complexity index is 470. The van der Waals surface area contributed by atoms with Crippen LogP contribution in [-0.2, 0) is 4.74 Å². The molecular weight excluding hydrogens is 302 g/mol. The predicted octanol–water partition coefficient (Wildman–Crippen LogP) is 0.394. The van der Waals surface area contributed by atoms with Crippen LogP contribution in [0, 0.1) is 0 Å². The summed E-state index contributed by atoms with van der Waals surface area (Å²) in [5, 5.41) is 6.71. The summed E-state index contributed by atoms with van der Waals surface area (Å²) >= 11 is 3.35. The fourth-order valence-electron chi connectivity index (χ4n) is 1.80. The van der Waals surface area contributed by atoms with E-state index < -0.39 is 0 Å². The molecule has 1 aliphatic heterocycles. The molecule has 6 nitrogen and oxygen atoms in total. The lowest BCUT2D eigenvalue weighted by Crippen LogP contribution is -2.51. The topological polar surface area (TPSA) is 75.3 Å². The van der Waals surface area contributed by atoms with Gasteiger partial charge in [0.05, 0.1) is 18.8 Å². The Balaban J connectivity index is 2.16. The number of ether oxygens (including phenoxy) is 1. The number of nitrogens with zero attached hydrogens (tertiary/aromatic N) is 2. The number of carbonyl (C=O) groups excluding carboxylic acids is 1. The van der Waals surface area contributed by atoms with Gasteiger partial charge < -0.3 is 9.64 Å². The van der Waals surface area contributed by atoms with E-state index in [1.54, 1.807) is 4.90 Å². The standard InChI is InChI=1S/C11H14BrN3O3/c1-7-6-18-8(4-12)5-15(7)11(17)9-2-3-10(16)14-13-9/h2-3,7-8H,4-6H2,1H3,(H,14,16). The Morgan fingerprint density at radius 1 is 1.67 bits per heavy atom. The second-order valence-electron chi connectivity index (χ2n) is 4.22.